The third-order valence-electron chi connectivity index (χ3n) is 4.23. The van der Waals surface area contributed by atoms with Gasteiger partial charge in [-0.05, 0) is 6.07 Å². The van der Waals surface area contributed by atoms with E-state index in [2.05, 4.69) is 15.3 Å². The third-order valence-corrected chi connectivity index (χ3v) is 4.23. The zero-order valence-electron chi connectivity index (χ0n) is 14.5. The number of nitrogens with zero attached hydrogens (tertiary/aromatic N) is 5. The first-order chi connectivity index (χ1) is 13.5. The Kier molecular flexibility index (Phi) is 5.12. The average molecular weight is 418 g/mol. The van der Waals surface area contributed by atoms with E-state index in [9.17, 15) is 31.1 Å². The largest absolute Gasteiger partial charge is 0.433 e. The number of hydrogen-bond donors (Lipinski definition) is 1. The molecule has 1 aliphatic rings. The Bertz CT molecular complexity index is 974. The summed E-state index contributed by atoms with van der Waals surface area (Å²) in [5.74, 6) is -0.948. The van der Waals surface area contributed by atoms with Crippen LogP contribution in [-0.4, -0.2) is 38.4 Å². The standard InChI is InChI=1S/C16H12F6N6O/c17-15(18,19)10-5-11(16(20,21)22)26-14(9(10)6-23)25-7-13(29)28-4-3-27-2-1-24-12(27)8-28/h1-2,5H,3-4,7-8H2,(H,25,26). The smallest absolute Gasteiger partial charge is 0.360 e. The zero-order valence-corrected chi connectivity index (χ0v) is 14.5. The lowest BCUT2D eigenvalue weighted by Crippen LogP contribution is -2.41. The number of amides is 1. The molecule has 0 atom stereocenters. The number of nitrogens with one attached hydrogen (secondary N) is 1. The Morgan fingerprint density at radius 1 is 1.21 bits per heavy atom. The second kappa shape index (κ2) is 7.26. The van der Waals surface area contributed by atoms with Crippen molar-refractivity contribution in [3.05, 3.63) is 41.1 Å². The van der Waals surface area contributed by atoms with Crippen LogP contribution in [0.1, 0.15) is 22.6 Å². The number of nitriles is 1. The predicted octanol–water partition coefficient (Wildman–Crippen LogP) is 2.64. The summed E-state index contributed by atoms with van der Waals surface area (Å²) in [5, 5.41) is 11.2. The number of imidazole rings is 1. The summed E-state index contributed by atoms with van der Waals surface area (Å²) in [5.41, 5.74) is -4.72. The van der Waals surface area contributed by atoms with E-state index in [4.69, 9.17) is 5.26 Å². The minimum atomic E-state index is -5.21. The Morgan fingerprint density at radius 3 is 2.55 bits per heavy atom. The number of pyridine rings is 1. The fourth-order valence-electron chi connectivity index (χ4n) is 2.81. The van der Waals surface area contributed by atoms with E-state index in [1.165, 1.54) is 11.0 Å². The summed E-state index contributed by atoms with van der Waals surface area (Å²) in [4.78, 5) is 20.8. The van der Waals surface area contributed by atoms with Gasteiger partial charge in [-0.3, -0.25) is 4.79 Å². The van der Waals surface area contributed by atoms with Crippen LogP contribution in [0.4, 0.5) is 32.2 Å². The molecule has 0 unspecified atom stereocenters. The van der Waals surface area contributed by atoms with Gasteiger partial charge in [0.15, 0.2) is 0 Å². The summed E-state index contributed by atoms with van der Waals surface area (Å²) < 4.78 is 80.0. The molecule has 1 amide bonds. The van der Waals surface area contributed by atoms with Crippen molar-refractivity contribution in [1.82, 2.24) is 19.4 Å². The number of halogens is 6. The van der Waals surface area contributed by atoms with E-state index in [0.29, 0.717) is 18.9 Å². The third kappa shape index (κ3) is 4.25. The number of fused-ring (bicyclic) bond motifs is 1. The quantitative estimate of drug-likeness (QED) is 0.775. The highest BCUT2D eigenvalue weighted by Crippen LogP contribution is 2.38. The maximum Gasteiger partial charge on any atom is 0.433 e. The molecule has 7 nitrogen and oxygen atoms in total. The molecule has 1 aliphatic heterocycles. The highest BCUT2D eigenvalue weighted by molar-refractivity contribution is 5.81. The van der Waals surface area contributed by atoms with Crippen molar-refractivity contribution in [2.75, 3.05) is 18.4 Å². The van der Waals surface area contributed by atoms with Crippen LogP contribution in [-0.2, 0) is 30.2 Å². The molecule has 2 aromatic rings. The topological polar surface area (TPSA) is 86.8 Å². The lowest BCUT2D eigenvalue weighted by atomic mass is 10.1. The van der Waals surface area contributed by atoms with Gasteiger partial charge in [-0.2, -0.15) is 31.6 Å². The van der Waals surface area contributed by atoms with Crippen molar-refractivity contribution < 1.29 is 31.1 Å². The lowest BCUT2D eigenvalue weighted by Gasteiger charge is -2.28. The summed E-state index contributed by atoms with van der Waals surface area (Å²) in [6.45, 7) is 0.243. The van der Waals surface area contributed by atoms with Crippen LogP contribution in [0.5, 0.6) is 0 Å². The number of carbonyl (C=O) groups is 1. The maximum absolute atomic E-state index is 13.1. The van der Waals surface area contributed by atoms with Crippen LogP contribution < -0.4 is 5.32 Å². The molecule has 29 heavy (non-hydrogen) atoms. The molecule has 0 saturated carbocycles. The van der Waals surface area contributed by atoms with Crippen molar-refractivity contribution in [2.45, 2.75) is 25.4 Å². The van der Waals surface area contributed by atoms with E-state index >= 15 is 0 Å². The SMILES string of the molecule is N#Cc1c(C(F)(F)F)cc(C(F)(F)F)nc1NCC(=O)N1CCn2ccnc2C1. The molecular formula is C16H12F6N6O. The number of aromatic nitrogens is 3. The molecule has 0 radical (unpaired) electrons. The van der Waals surface area contributed by atoms with E-state index in [-0.39, 0.29) is 12.6 Å². The Balaban J connectivity index is 1.84. The van der Waals surface area contributed by atoms with Crippen molar-refractivity contribution in [3.63, 3.8) is 0 Å². The molecular weight excluding hydrogens is 406 g/mol. The van der Waals surface area contributed by atoms with Crippen molar-refractivity contribution in [2.24, 2.45) is 0 Å². The van der Waals surface area contributed by atoms with Crippen LogP contribution >= 0.6 is 0 Å². The highest BCUT2D eigenvalue weighted by atomic mass is 19.4. The Hall–Kier alpha value is -3.30. The van der Waals surface area contributed by atoms with Crippen molar-refractivity contribution in [3.8, 4) is 6.07 Å². The van der Waals surface area contributed by atoms with Gasteiger partial charge in [0.25, 0.3) is 0 Å². The number of alkyl halides is 6. The average Bonchev–Trinajstić information content (AvgIpc) is 3.11. The fraction of sp³-hybridized carbons (Fsp3) is 0.375. The van der Waals surface area contributed by atoms with Crippen LogP contribution in [0.2, 0.25) is 0 Å². The molecule has 3 heterocycles. The highest BCUT2D eigenvalue weighted by Gasteiger charge is 2.41. The molecule has 0 aliphatic carbocycles. The molecule has 0 fully saturated rings. The van der Waals surface area contributed by atoms with Gasteiger partial charge in [0, 0.05) is 25.5 Å². The summed E-state index contributed by atoms with van der Waals surface area (Å²) in [7, 11) is 0. The first kappa shape index (κ1) is 20.4. The van der Waals surface area contributed by atoms with Crippen molar-refractivity contribution >= 4 is 11.7 Å². The molecule has 3 rings (SSSR count). The Labute approximate surface area is 159 Å². The molecule has 0 saturated heterocycles. The van der Waals surface area contributed by atoms with Crippen LogP contribution in [0.25, 0.3) is 0 Å². The van der Waals surface area contributed by atoms with Gasteiger partial charge >= 0.3 is 12.4 Å². The number of rotatable bonds is 3. The minimum Gasteiger partial charge on any atom is -0.360 e. The second-order valence-corrected chi connectivity index (χ2v) is 6.09. The van der Waals surface area contributed by atoms with Gasteiger partial charge in [0.2, 0.25) is 5.91 Å². The molecule has 13 heteroatoms. The van der Waals surface area contributed by atoms with Gasteiger partial charge in [-0.15, -0.1) is 0 Å². The number of carbonyl (C=O) groups excluding carboxylic acids is 1. The molecule has 0 bridgehead atoms. The summed E-state index contributed by atoms with van der Waals surface area (Å²) >= 11 is 0. The van der Waals surface area contributed by atoms with Gasteiger partial charge in [-0.25, -0.2) is 9.97 Å². The number of hydrogen-bond acceptors (Lipinski definition) is 5. The normalized spacial score (nSPS) is 14.3. The summed E-state index contributed by atoms with van der Waals surface area (Å²) in [6, 6.07) is 0.985. The fourth-order valence-corrected chi connectivity index (χ4v) is 2.81. The number of anilines is 1. The predicted molar refractivity (Wildman–Crippen MR) is 85.1 cm³/mol. The monoisotopic (exact) mass is 418 g/mol. The van der Waals surface area contributed by atoms with Gasteiger partial charge in [0.1, 0.15) is 29.0 Å². The van der Waals surface area contributed by atoms with Crippen LogP contribution in [0.3, 0.4) is 0 Å². The molecule has 2 aromatic heterocycles. The van der Waals surface area contributed by atoms with E-state index < -0.39 is 47.4 Å². The van der Waals surface area contributed by atoms with E-state index in [0.717, 1.165) is 0 Å². The van der Waals surface area contributed by atoms with Crippen LogP contribution in [0.15, 0.2) is 18.5 Å². The van der Waals surface area contributed by atoms with E-state index in [1.54, 1.807) is 12.4 Å². The maximum atomic E-state index is 13.1. The van der Waals surface area contributed by atoms with Gasteiger partial charge in [-0.1, -0.05) is 0 Å². The minimum absolute atomic E-state index is 0.141. The van der Waals surface area contributed by atoms with Gasteiger partial charge < -0.3 is 14.8 Å². The lowest BCUT2D eigenvalue weighted by molar-refractivity contribution is -0.145. The Morgan fingerprint density at radius 2 is 1.93 bits per heavy atom. The van der Waals surface area contributed by atoms with Crippen molar-refractivity contribution in [1.29, 1.82) is 5.26 Å². The molecule has 0 spiro atoms. The first-order valence-corrected chi connectivity index (χ1v) is 8.12. The second-order valence-electron chi connectivity index (χ2n) is 6.09. The van der Waals surface area contributed by atoms with Crippen LogP contribution in [0, 0.1) is 11.3 Å². The summed E-state index contributed by atoms with van der Waals surface area (Å²) in [6.07, 6.45) is -7.11. The first-order valence-electron chi connectivity index (χ1n) is 8.12. The molecule has 0 aromatic carbocycles. The molecule has 154 valence electrons. The van der Waals surface area contributed by atoms with Gasteiger partial charge in [0.05, 0.1) is 18.7 Å². The van der Waals surface area contributed by atoms with E-state index in [1.807, 2.05) is 4.57 Å². The zero-order chi connectivity index (χ0) is 21.4. The molecule has 1 N–H and O–H groups in total.